The molecule has 114 valence electrons. The smallest absolute Gasteiger partial charge is 0.250 e. The molecule has 0 bridgehead atoms. The van der Waals surface area contributed by atoms with Crippen molar-refractivity contribution in [2.75, 3.05) is 6.54 Å². The molecule has 0 spiro atoms. The molecule has 0 unspecified atom stereocenters. The summed E-state index contributed by atoms with van der Waals surface area (Å²) in [5, 5.41) is 3.30. The van der Waals surface area contributed by atoms with Gasteiger partial charge >= 0.3 is 0 Å². The van der Waals surface area contributed by atoms with E-state index in [4.69, 9.17) is 0 Å². The first-order valence-electron chi connectivity index (χ1n) is 7.13. The number of sulfonamides is 1. The second-order valence-corrected chi connectivity index (χ2v) is 9.41. The van der Waals surface area contributed by atoms with Crippen LogP contribution in [0.4, 0.5) is 0 Å². The van der Waals surface area contributed by atoms with Gasteiger partial charge in [0, 0.05) is 24.0 Å². The van der Waals surface area contributed by atoms with Crippen LogP contribution in [0.25, 0.3) is 0 Å². The topological polar surface area (TPSA) is 58.2 Å². The van der Waals surface area contributed by atoms with Gasteiger partial charge in [-0.05, 0) is 30.4 Å². The first kappa shape index (κ1) is 15.9. The van der Waals surface area contributed by atoms with Gasteiger partial charge in [-0.2, -0.15) is 0 Å². The molecular weight excluding hydrogens is 292 g/mol. The van der Waals surface area contributed by atoms with Crippen molar-refractivity contribution in [1.82, 2.24) is 10.0 Å². The minimum absolute atomic E-state index is 0.159. The summed E-state index contributed by atoms with van der Waals surface area (Å²) in [5.41, 5.74) is 0.159. The van der Waals surface area contributed by atoms with Crippen LogP contribution in [0, 0.1) is 5.41 Å². The molecule has 1 saturated carbocycles. The Hall–Kier alpha value is -0.430. The molecule has 0 aliphatic heterocycles. The quantitative estimate of drug-likeness (QED) is 0.813. The maximum Gasteiger partial charge on any atom is 0.250 e. The molecule has 1 aromatic rings. The second kappa shape index (κ2) is 6.13. The molecule has 0 saturated heterocycles. The van der Waals surface area contributed by atoms with Gasteiger partial charge in [0.15, 0.2) is 0 Å². The fourth-order valence-electron chi connectivity index (χ4n) is 2.20. The van der Waals surface area contributed by atoms with Crippen LogP contribution < -0.4 is 10.0 Å². The molecule has 0 aromatic carbocycles. The van der Waals surface area contributed by atoms with Crippen molar-refractivity contribution in [3.63, 3.8) is 0 Å². The van der Waals surface area contributed by atoms with Crippen LogP contribution in [0.5, 0.6) is 0 Å². The van der Waals surface area contributed by atoms with Gasteiger partial charge in [-0.25, -0.2) is 13.1 Å². The van der Waals surface area contributed by atoms with E-state index in [1.807, 2.05) is 6.07 Å². The molecule has 0 amide bonds. The summed E-state index contributed by atoms with van der Waals surface area (Å²) in [6.07, 6.45) is 3.44. The van der Waals surface area contributed by atoms with Crippen LogP contribution in [0.15, 0.2) is 16.3 Å². The van der Waals surface area contributed by atoms with Crippen LogP contribution in [0.3, 0.4) is 0 Å². The van der Waals surface area contributed by atoms with E-state index in [9.17, 15) is 8.42 Å². The highest BCUT2D eigenvalue weighted by atomic mass is 32.2. The highest BCUT2D eigenvalue weighted by molar-refractivity contribution is 7.91. The Bertz CT molecular complexity index is 545. The molecule has 20 heavy (non-hydrogen) atoms. The van der Waals surface area contributed by atoms with Crippen LogP contribution in [-0.4, -0.2) is 21.0 Å². The highest BCUT2D eigenvalue weighted by Gasteiger charge is 2.33. The Morgan fingerprint density at radius 1 is 1.35 bits per heavy atom. The van der Waals surface area contributed by atoms with Crippen molar-refractivity contribution in [3.05, 3.63) is 17.0 Å². The van der Waals surface area contributed by atoms with Gasteiger partial charge < -0.3 is 5.32 Å². The Labute approximate surface area is 126 Å². The van der Waals surface area contributed by atoms with E-state index < -0.39 is 10.0 Å². The Morgan fingerprint density at radius 2 is 2.05 bits per heavy atom. The third-order valence-corrected chi connectivity index (χ3v) is 6.81. The average Bonchev–Trinajstić information content (AvgIpc) is 2.81. The van der Waals surface area contributed by atoms with Crippen LogP contribution in [-0.2, 0) is 16.6 Å². The third kappa shape index (κ3) is 4.04. The fraction of sp³-hybridized carbons (Fsp3) is 0.714. The maximum absolute atomic E-state index is 12.2. The average molecular weight is 316 g/mol. The molecular formula is C14H24N2O2S2. The van der Waals surface area contributed by atoms with Crippen molar-refractivity contribution < 1.29 is 8.42 Å². The molecule has 1 aliphatic carbocycles. The zero-order valence-corrected chi connectivity index (χ0v) is 14.0. The van der Waals surface area contributed by atoms with E-state index in [0.29, 0.717) is 16.8 Å². The highest BCUT2D eigenvalue weighted by Crippen LogP contribution is 2.39. The lowest BCUT2D eigenvalue weighted by Crippen LogP contribution is -2.39. The zero-order chi connectivity index (χ0) is 14.8. The minimum atomic E-state index is -3.35. The third-order valence-electron chi connectivity index (χ3n) is 3.84. The number of hydrogen-bond donors (Lipinski definition) is 2. The molecule has 2 N–H and O–H groups in total. The first-order chi connectivity index (χ1) is 9.31. The molecule has 1 aliphatic rings. The fourth-order valence-corrected chi connectivity index (χ4v) is 4.75. The SMILES string of the molecule is CC(C)NCc1ccc(S(=O)(=O)NCC2(C)CCC2)s1. The summed E-state index contributed by atoms with van der Waals surface area (Å²) in [6, 6.07) is 3.99. The van der Waals surface area contributed by atoms with E-state index >= 15 is 0 Å². The van der Waals surface area contributed by atoms with Gasteiger partial charge in [0.1, 0.15) is 4.21 Å². The van der Waals surface area contributed by atoms with Crippen LogP contribution in [0.1, 0.15) is 44.9 Å². The van der Waals surface area contributed by atoms with Gasteiger partial charge in [-0.15, -0.1) is 11.3 Å². The van der Waals surface area contributed by atoms with E-state index in [-0.39, 0.29) is 5.41 Å². The predicted molar refractivity (Wildman–Crippen MR) is 83.4 cm³/mol. The predicted octanol–water partition coefficient (Wildman–Crippen LogP) is 2.71. The van der Waals surface area contributed by atoms with Crippen molar-refractivity contribution in [1.29, 1.82) is 0 Å². The van der Waals surface area contributed by atoms with Gasteiger partial charge in [-0.3, -0.25) is 0 Å². The zero-order valence-electron chi connectivity index (χ0n) is 12.4. The number of nitrogens with one attached hydrogen (secondary N) is 2. The van der Waals surface area contributed by atoms with E-state index in [0.717, 1.165) is 24.3 Å². The number of hydrogen-bond acceptors (Lipinski definition) is 4. The lowest BCUT2D eigenvalue weighted by molar-refractivity contribution is 0.166. The molecule has 4 nitrogen and oxygen atoms in total. The molecule has 0 atom stereocenters. The van der Waals surface area contributed by atoms with Gasteiger partial charge in [-0.1, -0.05) is 27.2 Å². The lowest BCUT2D eigenvalue weighted by atomic mass is 9.71. The largest absolute Gasteiger partial charge is 0.310 e. The monoisotopic (exact) mass is 316 g/mol. The van der Waals surface area contributed by atoms with Crippen molar-refractivity contribution in [2.24, 2.45) is 5.41 Å². The molecule has 0 radical (unpaired) electrons. The number of rotatable bonds is 7. The first-order valence-corrected chi connectivity index (χ1v) is 9.42. The van der Waals surface area contributed by atoms with Gasteiger partial charge in [0.25, 0.3) is 0 Å². The second-order valence-electron chi connectivity index (χ2n) is 6.25. The van der Waals surface area contributed by atoms with Gasteiger partial charge in [0.2, 0.25) is 10.0 Å². The summed E-state index contributed by atoms with van der Waals surface area (Å²) in [4.78, 5) is 1.05. The Kier molecular flexibility index (Phi) is 4.89. The molecule has 2 rings (SSSR count). The van der Waals surface area contributed by atoms with E-state index in [1.54, 1.807) is 6.07 Å². The Morgan fingerprint density at radius 3 is 2.60 bits per heavy atom. The Balaban J connectivity index is 1.95. The number of thiophene rings is 1. The summed E-state index contributed by atoms with van der Waals surface area (Å²) in [6.45, 7) is 7.56. The molecule has 1 fully saturated rings. The maximum atomic E-state index is 12.2. The summed E-state index contributed by atoms with van der Waals surface area (Å²) in [5.74, 6) is 0. The van der Waals surface area contributed by atoms with E-state index in [2.05, 4.69) is 30.8 Å². The minimum Gasteiger partial charge on any atom is -0.310 e. The summed E-state index contributed by atoms with van der Waals surface area (Å²) >= 11 is 1.35. The van der Waals surface area contributed by atoms with Crippen molar-refractivity contribution in [2.45, 2.75) is 56.8 Å². The summed E-state index contributed by atoms with van der Waals surface area (Å²) in [7, 11) is -3.35. The van der Waals surface area contributed by atoms with Crippen molar-refractivity contribution in [3.8, 4) is 0 Å². The molecule has 1 aromatic heterocycles. The van der Waals surface area contributed by atoms with E-state index in [1.165, 1.54) is 17.8 Å². The van der Waals surface area contributed by atoms with Crippen LogP contribution in [0.2, 0.25) is 0 Å². The standard InChI is InChI=1S/C14H24N2O2S2/c1-11(2)15-9-12-5-6-13(19-12)20(17,18)16-10-14(3)7-4-8-14/h5-6,11,15-16H,4,7-10H2,1-3H3. The van der Waals surface area contributed by atoms with Crippen molar-refractivity contribution >= 4 is 21.4 Å². The normalized spacial score (nSPS) is 18.2. The lowest BCUT2D eigenvalue weighted by Gasteiger charge is -2.38. The molecule has 6 heteroatoms. The van der Waals surface area contributed by atoms with Crippen LogP contribution >= 0.6 is 11.3 Å². The summed E-state index contributed by atoms with van der Waals surface area (Å²) < 4.78 is 27.7. The molecule has 1 heterocycles. The van der Waals surface area contributed by atoms with Gasteiger partial charge in [0.05, 0.1) is 0 Å².